The minimum absolute atomic E-state index is 0.307. The maximum absolute atomic E-state index is 6.30. The first-order valence-electron chi connectivity index (χ1n) is 6.79. The van der Waals surface area contributed by atoms with E-state index in [0.717, 1.165) is 15.4 Å². The Kier molecular flexibility index (Phi) is 5.11. The van der Waals surface area contributed by atoms with Gasteiger partial charge in [-0.15, -0.1) is 0 Å². The molecule has 1 aliphatic rings. The van der Waals surface area contributed by atoms with Crippen LogP contribution in [-0.4, -0.2) is 6.04 Å². The van der Waals surface area contributed by atoms with Gasteiger partial charge in [-0.25, -0.2) is 0 Å². The van der Waals surface area contributed by atoms with Gasteiger partial charge >= 0.3 is 0 Å². The Bertz CT molecular complexity index is 401. The van der Waals surface area contributed by atoms with E-state index in [1.807, 2.05) is 6.07 Å². The van der Waals surface area contributed by atoms with Gasteiger partial charge in [-0.3, -0.25) is 0 Å². The molecule has 2 unspecified atom stereocenters. The number of hydrogen-bond donors (Lipinski definition) is 1. The van der Waals surface area contributed by atoms with E-state index < -0.39 is 0 Å². The monoisotopic (exact) mass is 329 g/mol. The van der Waals surface area contributed by atoms with Crippen molar-refractivity contribution < 1.29 is 0 Å². The Labute approximate surface area is 123 Å². The van der Waals surface area contributed by atoms with Crippen molar-refractivity contribution in [3.8, 4) is 0 Å². The number of halogens is 2. The van der Waals surface area contributed by atoms with Crippen molar-refractivity contribution in [2.45, 2.75) is 51.6 Å². The fourth-order valence-electron chi connectivity index (χ4n) is 2.93. The zero-order chi connectivity index (χ0) is 13.1. The molecule has 1 fully saturated rings. The smallest absolute Gasteiger partial charge is 0.0464 e. The summed E-state index contributed by atoms with van der Waals surface area (Å²) in [4.78, 5) is 0. The van der Waals surface area contributed by atoms with Crippen LogP contribution in [-0.2, 0) is 0 Å². The first-order valence-corrected chi connectivity index (χ1v) is 7.96. The summed E-state index contributed by atoms with van der Waals surface area (Å²) < 4.78 is 1.03. The van der Waals surface area contributed by atoms with Gasteiger partial charge in [0.1, 0.15) is 0 Å². The van der Waals surface area contributed by atoms with E-state index in [1.165, 1.54) is 31.2 Å². The van der Waals surface area contributed by atoms with Crippen molar-refractivity contribution in [3.05, 3.63) is 33.3 Å². The van der Waals surface area contributed by atoms with Gasteiger partial charge in [-0.1, -0.05) is 46.4 Å². The standard InChI is InChI=1S/C15H21BrClN/c1-10(12-5-3-4-6-12)18-11(2)14-8-7-13(16)9-15(14)17/h7-12,18H,3-6H2,1-2H3. The molecule has 0 saturated heterocycles. The van der Waals surface area contributed by atoms with E-state index in [0.29, 0.717) is 12.1 Å². The highest BCUT2D eigenvalue weighted by atomic mass is 79.9. The molecule has 1 saturated carbocycles. The van der Waals surface area contributed by atoms with Crippen molar-refractivity contribution in [1.82, 2.24) is 5.32 Å². The fourth-order valence-corrected chi connectivity index (χ4v) is 3.77. The minimum atomic E-state index is 0.307. The third-order valence-electron chi connectivity index (χ3n) is 4.05. The van der Waals surface area contributed by atoms with Gasteiger partial charge < -0.3 is 5.32 Å². The third kappa shape index (κ3) is 3.49. The lowest BCUT2D eigenvalue weighted by Crippen LogP contribution is -2.34. The van der Waals surface area contributed by atoms with Gasteiger partial charge in [0.2, 0.25) is 0 Å². The average molecular weight is 331 g/mol. The zero-order valence-electron chi connectivity index (χ0n) is 11.0. The molecule has 1 N–H and O–H groups in total. The number of benzene rings is 1. The molecular weight excluding hydrogens is 310 g/mol. The lowest BCUT2D eigenvalue weighted by Gasteiger charge is -2.25. The average Bonchev–Trinajstić information content (AvgIpc) is 2.81. The largest absolute Gasteiger partial charge is 0.307 e. The maximum Gasteiger partial charge on any atom is 0.0464 e. The summed E-state index contributed by atoms with van der Waals surface area (Å²) in [5.74, 6) is 0.835. The summed E-state index contributed by atoms with van der Waals surface area (Å²) in [6, 6.07) is 7.00. The minimum Gasteiger partial charge on any atom is -0.307 e. The van der Waals surface area contributed by atoms with Crippen LogP contribution in [0.25, 0.3) is 0 Å². The van der Waals surface area contributed by atoms with Gasteiger partial charge in [0.15, 0.2) is 0 Å². The first kappa shape index (κ1) is 14.4. The van der Waals surface area contributed by atoms with E-state index in [2.05, 4.69) is 47.2 Å². The highest BCUT2D eigenvalue weighted by Gasteiger charge is 2.23. The molecule has 18 heavy (non-hydrogen) atoms. The molecular formula is C15H21BrClN. The molecule has 0 amide bonds. The van der Waals surface area contributed by atoms with Crippen LogP contribution in [0.15, 0.2) is 22.7 Å². The molecule has 0 aliphatic heterocycles. The molecule has 2 rings (SSSR count). The van der Waals surface area contributed by atoms with Crippen LogP contribution in [0.4, 0.5) is 0 Å². The molecule has 1 aromatic rings. The van der Waals surface area contributed by atoms with Gasteiger partial charge in [-0.05, 0) is 50.3 Å². The van der Waals surface area contributed by atoms with Crippen molar-refractivity contribution >= 4 is 27.5 Å². The van der Waals surface area contributed by atoms with Crippen molar-refractivity contribution in [2.75, 3.05) is 0 Å². The molecule has 3 heteroatoms. The molecule has 2 atom stereocenters. The second-order valence-electron chi connectivity index (χ2n) is 5.39. The fraction of sp³-hybridized carbons (Fsp3) is 0.600. The Hall–Kier alpha value is -0.0500. The van der Waals surface area contributed by atoms with Crippen LogP contribution in [0.3, 0.4) is 0 Å². The van der Waals surface area contributed by atoms with Crippen LogP contribution in [0, 0.1) is 5.92 Å². The maximum atomic E-state index is 6.30. The van der Waals surface area contributed by atoms with Gasteiger partial charge in [0, 0.05) is 21.6 Å². The van der Waals surface area contributed by atoms with Gasteiger partial charge in [0.25, 0.3) is 0 Å². The third-order valence-corrected chi connectivity index (χ3v) is 4.87. The lowest BCUT2D eigenvalue weighted by molar-refractivity contribution is 0.352. The SMILES string of the molecule is CC(NC(C)C1CCCC1)c1ccc(Br)cc1Cl. The van der Waals surface area contributed by atoms with E-state index in [-0.39, 0.29) is 0 Å². The Morgan fingerprint density at radius 3 is 2.56 bits per heavy atom. The van der Waals surface area contributed by atoms with Crippen molar-refractivity contribution in [1.29, 1.82) is 0 Å². The molecule has 100 valence electrons. The second-order valence-corrected chi connectivity index (χ2v) is 6.71. The van der Waals surface area contributed by atoms with Gasteiger partial charge in [0.05, 0.1) is 0 Å². The highest BCUT2D eigenvalue weighted by Crippen LogP contribution is 2.30. The van der Waals surface area contributed by atoms with E-state index in [1.54, 1.807) is 0 Å². The predicted octanol–water partition coefficient (Wildman–Crippen LogP) is 5.33. The van der Waals surface area contributed by atoms with Gasteiger partial charge in [-0.2, -0.15) is 0 Å². The molecule has 1 nitrogen and oxygen atoms in total. The molecule has 0 aromatic heterocycles. The van der Waals surface area contributed by atoms with Crippen LogP contribution in [0.5, 0.6) is 0 Å². The topological polar surface area (TPSA) is 12.0 Å². The molecule has 1 aliphatic carbocycles. The summed E-state index contributed by atoms with van der Waals surface area (Å²) in [6.45, 7) is 4.50. The Morgan fingerprint density at radius 2 is 1.94 bits per heavy atom. The van der Waals surface area contributed by atoms with Crippen LogP contribution in [0.1, 0.15) is 51.1 Å². The lowest BCUT2D eigenvalue weighted by atomic mass is 9.98. The molecule has 0 bridgehead atoms. The van der Waals surface area contributed by atoms with Crippen molar-refractivity contribution in [3.63, 3.8) is 0 Å². The van der Waals surface area contributed by atoms with E-state index in [9.17, 15) is 0 Å². The Balaban J connectivity index is 2.00. The second kappa shape index (κ2) is 6.40. The predicted molar refractivity (Wildman–Crippen MR) is 82.1 cm³/mol. The van der Waals surface area contributed by atoms with E-state index >= 15 is 0 Å². The first-order chi connectivity index (χ1) is 8.58. The summed E-state index contributed by atoms with van der Waals surface area (Å²) in [5, 5.41) is 4.53. The number of nitrogens with one attached hydrogen (secondary N) is 1. The summed E-state index contributed by atoms with van der Waals surface area (Å²) in [5.41, 5.74) is 1.18. The van der Waals surface area contributed by atoms with Crippen LogP contribution < -0.4 is 5.32 Å². The van der Waals surface area contributed by atoms with Crippen LogP contribution in [0.2, 0.25) is 5.02 Å². The Morgan fingerprint density at radius 1 is 1.28 bits per heavy atom. The molecule has 0 heterocycles. The highest BCUT2D eigenvalue weighted by molar-refractivity contribution is 9.10. The van der Waals surface area contributed by atoms with Crippen LogP contribution >= 0.6 is 27.5 Å². The van der Waals surface area contributed by atoms with E-state index in [4.69, 9.17) is 11.6 Å². The zero-order valence-corrected chi connectivity index (χ0v) is 13.4. The molecule has 1 aromatic carbocycles. The number of hydrogen-bond acceptors (Lipinski definition) is 1. The molecule has 0 radical (unpaired) electrons. The summed E-state index contributed by atoms with van der Waals surface area (Å²) in [6.07, 6.45) is 5.53. The van der Waals surface area contributed by atoms with Crippen molar-refractivity contribution in [2.24, 2.45) is 5.92 Å². The molecule has 0 spiro atoms. The summed E-state index contributed by atoms with van der Waals surface area (Å²) >= 11 is 9.74. The summed E-state index contributed by atoms with van der Waals surface area (Å²) in [7, 11) is 0. The number of rotatable bonds is 4. The quantitative estimate of drug-likeness (QED) is 0.786. The normalized spacial score (nSPS) is 20.0.